The first-order chi connectivity index (χ1) is 7.90. The van der Waals surface area contributed by atoms with Gasteiger partial charge in [0.05, 0.1) is 4.99 Å². The van der Waals surface area contributed by atoms with Gasteiger partial charge in [0.1, 0.15) is 0 Å². The Hall–Kier alpha value is -1.23. The summed E-state index contributed by atoms with van der Waals surface area (Å²) in [5.74, 6) is 1.14. The summed E-state index contributed by atoms with van der Waals surface area (Å²) in [6.45, 7) is 6.98. The Morgan fingerprint density at radius 2 is 2.12 bits per heavy atom. The van der Waals surface area contributed by atoms with E-state index in [4.69, 9.17) is 18.0 Å². The fourth-order valence-electron chi connectivity index (χ4n) is 1.42. The molecule has 1 rings (SSSR count). The molecule has 2 N–H and O–H groups in total. The van der Waals surface area contributed by atoms with Gasteiger partial charge in [-0.05, 0) is 18.9 Å². The highest BCUT2D eigenvalue weighted by molar-refractivity contribution is 7.80. The molecule has 0 bridgehead atoms. The lowest BCUT2D eigenvalue weighted by atomic mass is 10.1. The molecule has 0 atom stereocenters. The molecule has 0 aliphatic rings. The Kier molecular flexibility index (Phi) is 4.81. The summed E-state index contributed by atoms with van der Waals surface area (Å²) in [4.78, 5) is 11.5. The zero-order valence-corrected chi connectivity index (χ0v) is 11.7. The summed E-state index contributed by atoms with van der Waals surface area (Å²) in [5, 5.41) is 0. The maximum atomic E-state index is 5.49. The van der Waals surface area contributed by atoms with Crippen molar-refractivity contribution in [1.82, 2.24) is 9.97 Å². The Bertz CT molecular complexity index is 403. The van der Waals surface area contributed by atoms with Crippen LogP contribution in [0.3, 0.4) is 0 Å². The van der Waals surface area contributed by atoms with E-state index in [2.05, 4.69) is 23.8 Å². The van der Waals surface area contributed by atoms with Crippen molar-refractivity contribution in [3.63, 3.8) is 0 Å². The third-order valence-electron chi connectivity index (χ3n) is 2.49. The first-order valence-electron chi connectivity index (χ1n) is 5.75. The largest absolute Gasteiger partial charge is 0.393 e. The van der Waals surface area contributed by atoms with E-state index in [1.807, 2.05) is 24.9 Å². The molecule has 1 aromatic rings. The Morgan fingerprint density at radius 3 is 2.65 bits per heavy atom. The topological polar surface area (TPSA) is 55.0 Å². The zero-order valence-electron chi connectivity index (χ0n) is 10.9. The molecule has 0 fully saturated rings. The average molecular weight is 252 g/mol. The monoisotopic (exact) mass is 252 g/mol. The fraction of sp³-hybridized carbons (Fsp3) is 0.583. The maximum absolute atomic E-state index is 5.49. The highest BCUT2D eigenvalue weighted by Gasteiger charge is 2.09. The van der Waals surface area contributed by atoms with Crippen molar-refractivity contribution in [1.29, 1.82) is 0 Å². The van der Waals surface area contributed by atoms with Crippen LogP contribution < -0.4 is 10.6 Å². The summed E-state index contributed by atoms with van der Waals surface area (Å²) >= 11 is 4.87. The van der Waals surface area contributed by atoms with Crippen molar-refractivity contribution >= 4 is 23.2 Å². The number of aryl methyl sites for hydroxylation is 1. The van der Waals surface area contributed by atoms with E-state index in [1.54, 1.807) is 0 Å². The van der Waals surface area contributed by atoms with Gasteiger partial charge >= 0.3 is 0 Å². The first-order valence-corrected chi connectivity index (χ1v) is 6.16. The molecule has 17 heavy (non-hydrogen) atoms. The van der Waals surface area contributed by atoms with Crippen LogP contribution in [0.2, 0.25) is 0 Å². The molecule has 0 aromatic carbocycles. The second-order valence-corrected chi connectivity index (χ2v) is 5.05. The molecular formula is C12H20N4S. The Labute approximate surface area is 108 Å². The van der Waals surface area contributed by atoms with Gasteiger partial charge in [-0.2, -0.15) is 0 Å². The number of anilines is 1. The lowest BCUT2D eigenvalue weighted by molar-refractivity contribution is 0.785. The average Bonchev–Trinajstić information content (AvgIpc) is 2.24. The Morgan fingerprint density at radius 1 is 1.47 bits per heavy atom. The van der Waals surface area contributed by atoms with E-state index in [1.165, 1.54) is 0 Å². The van der Waals surface area contributed by atoms with Crippen LogP contribution in [-0.2, 0) is 0 Å². The maximum Gasteiger partial charge on any atom is 0.225 e. The summed E-state index contributed by atoms with van der Waals surface area (Å²) < 4.78 is 0. The van der Waals surface area contributed by atoms with Crippen molar-refractivity contribution in [3.8, 4) is 0 Å². The predicted molar refractivity (Wildman–Crippen MR) is 75.5 cm³/mol. The normalized spacial score (nSPS) is 10.6. The molecule has 0 amide bonds. The minimum absolute atomic E-state index is 0.402. The molecule has 1 aromatic heterocycles. The number of thiocarbonyl (C=S) groups is 1. The Balaban J connectivity index is 2.85. The number of rotatable bonds is 5. The molecule has 0 unspecified atom stereocenters. The minimum atomic E-state index is 0.402. The fourth-order valence-corrected chi connectivity index (χ4v) is 1.51. The summed E-state index contributed by atoms with van der Waals surface area (Å²) in [6, 6.07) is 2.02. The van der Waals surface area contributed by atoms with E-state index >= 15 is 0 Å². The molecule has 0 aliphatic carbocycles. The lowest BCUT2D eigenvalue weighted by Crippen LogP contribution is -2.25. The molecule has 0 saturated heterocycles. The van der Waals surface area contributed by atoms with E-state index in [-0.39, 0.29) is 0 Å². The molecular weight excluding hydrogens is 232 g/mol. The van der Waals surface area contributed by atoms with Gasteiger partial charge in [0, 0.05) is 31.4 Å². The molecule has 0 spiro atoms. The van der Waals surface area contributed by atoms with Crippen LogP contribution in [0.25, 0.3) is 0 Å². The van der Waals surface area contributed by atoms with Gasteiger partial charge in [-0.25, -0.2) is 9.97 Å². The summed E-state index contributed by atoms with van der Waals surface area (Å²) in [6.07, 6.45) is 0.681. The van der Waals surface area contributed by atoms with Crippen molar-refractivity contribution in [3.05, 3.63) is 17.5 Å². The quantitative estimate of drug-likeness (QED) is 0.813. The van der Waals surface area contributed by atoms with Crippen molar-refractivity contribution in [2.75, 3.05) is 18.5 Å². The molecule has 0 saturated carbocycles. The van der Waals surface area contributed by atoms with Gasteiger partial charge in [-0.15, -0.1) is 0 Å². The number of hydrogen-bond acceptors (Lipinski definition) is 4. The van der Waals surface area contributed by atoms with Gasteiger partial charge in [0.2, 0.25) is 5.95 Å². The predicted octanol–water partition coefficient (Wildman–Crippen LogP) is 2.02. The molecule has 0 radical (unpaired) electrons. The third-order valence-corrected chi connectivity index (χ3v) is 2.69. The number of nitrogens with zero attached hydrogens (tertiary/aromatic N) is 3. The van der Waals surface area contributed by atoms with E-state index in [0.717, 1.165) is 23.9 Å². The standard InChI is InChI=1S/C12H20N4S/c1-8(2)10-7-9(3)14-12(15-10)16(4)6-5-11(13)17/h7-8H,5-6H2,1-4H3,(H2,13,17). The number of hydrogen-bond donors (Lipinski definition) is 1. The van der Waals surface area contributed by atoms with Crippen LogP contribution in [0.15, 0.2) is 6.07 Å². The van der Waals surface area contributed by atoms with Crippen LogP contribution in [0.4, 0.5) is 5.95 Å². The van der Waals surface area contributed by atoms with E-state index in [9.17, 15) is 0 Å². The smallest absolute Gasteiger partial charge is 0.225 e. The van der Waals surface area contributed by atoms with Crippen molar-refractivity contribution < 1.29 is 0 Å². The van der Waals surface area contributed by atoms with E-state index < -0.39 is 0 Å². The van der Waals surface area contributed by atoms with Crippen LogP contribution in [0.5, 0.6) is 0 Å². The van der Waals surface area contributed by atoms with Gasteiger partial charge < -0.3 is 10.6 Å². The van der Waals surface area contributed by atoms with Crippen molar-refractivity contribution in [2.24, 2.45) is 5.73 Å². The first kappa shape index (κ1) is 13.8. The minimum Gasteiger partial charge on any atom is -0.393 e. The van der Waals surface area contributed by atoms with Gasteiger partial charge in [0.15, 0.2) is 0 Å². The van der Waals surface area contributed by atoms with Crippen LogP contribution in [0, 0.1) is 6.92 Å². The van der Waals surface area contributed by atoms with Crippen LogP contribution >= 0.6 is 12.2 Å². The molecule has 5 heteroatoms. The SMILES string of the molecule is Cc1cc(C(C)C)nc(N(C)CCC(N)=S)n1. The second kappa shape index (κ2) is 5.91. The lowest BCUT2D eigenvalue weighted by Gasteiger charge is -2.18. The molecule has 0 aliphatic heterocycles. The summed E-state index contributed by atoms with van der Waals surface area (Å²) in [5.41, 5.74) is 7.54. The van der Waals surface area contributed by atoms with Crippen molar-refractivity contribution in [2.45, 2.75) is 33.1 Å². The van der Waals surface area contributed by atoms with Crippen LogP contribution in [-0.4, -0.2) is 28.5 Å². The number of aromatic nitrogens is 2. The van der Waals surface area contributed by atoms with Gasteiger partial charge in [-0.3, -0.25) is 0 Å². The third kappa shape index (κ3) is 4.26. The highest BCUT2D eigenvalue weighted by atomic mass is 32.1. The highest BCUT2D eigenvalue weighted by Crippen LogP contribution is 2.16. The molecule has 4 nitrogen and oxygen atoms in total. The zero-order chi connectivity index (χ0) is 13.0. The van der Waals surface area contributed by atoms with Crippen LogP contribution in [0.1, 0.15) is 37.6 Å². The second-order valence-electron chi connectivity index (χ2n) is 4.53. The molecule has 94 valence electrons. The van der Waals surface area contributed by atoms with Gasteiger partial charge in [-0.1, -0.05) is 26.1 Å². The van der Waals surface area contributed by atoms with E-state index in [0.29, 0.717) is 17.3 Å². The molecule has 1 heterocycles. The van der Waals surface area contributed by atoms with Gasteiger partial charge in [0.25, 0.3) is 0 Å². The summed E-state index contributed by atoms with van der Waals surface area (Å²) in [7, 11) is 1.96. The number of nitrogens with two attached hydrogens (primary N) is 1.